The number of esters is 1. The summed E-state index contributed by atoms with van der Waals surface area (Å²) >= 11 is 0. The van der Waals surface area contributed by atoms with Crippen molar-refractivity contribution in [3.8, 4) is 5.75 Å². The molecule has 1 aromatic carbocycles. The first kappa shape index (κ1) is 41.8. The van der Waals surface area contributed by atoms with Crippen LogP contribution in [-0.2, 0) is 25.7 Å². The molecule has 1 N–H and O–H groups in total. The molecule has 1 aromatic rings. The molecule has 0 bridgehead atoms. The summed E-state index contributed by atoms with van der Waals surface area (Å²) in [4.78, 5) is 26.4. The fourth-order valence-electron chi connectivity index (χ4n) is 4.48. The van der Waals surface area contributed by atoms with Gasteiger partial charge in [0.1, 0.15) is 17.9 Å². The quantitative estimate of drug-likeness (QED) is 0.0522. The van der Waals surface area contributed by atoms with E-state index in [0.717, 1.165) is 56.9 Å². The SMILES string of the molecule is CCC=CCC=CCC=CCC=CCC=CCCCCOC(CC)C(=O)NC(CC(C)C)C(=O)Oc1ccccc1COC(C)(C)C. The van der Waals surface area contributed by atoms with Crippen molar-refractivity contribution in [2.24, 2.45) is 5.92 Å². The molecule has 1 amide bonds. The smallest absolute Gasteiger partial charge is 0.334 e. The lowest BCUT2D eigenvalue weighted by Gasteiger charge is -2.24. The number of hydrogen-bond donors (Lipinski definition) is 1. The first-order chi connectivity index (χ1) is 22.6. The van der Waals surface area contributed by atoms with Crippen molar-refractivity contribution in [3.63, 3.8) is 0 Å². The van der Waals surface area contributed by atoms with Crippen LogP contribution in [0.4, 0.5) is 0 Å². The molecule has 0 aliphatic rings. The van der Waals surface area contributed by atoms with Gasteiger partial charge in [0.05, 0.1) is 12.2 Å². The lowest BCUT2D eigenvalue weighted by atomic mass is 10.0. The number of benzene rings is 1. The molecule has 2 unspecified atom stereocenters. The topological polar surface area (TPSA) is 73.9 Å². The molecule has 1 rings (SSSR count). The second-order valence-electron chi connectivity index (χ2n) is 13.1. The monoisotopic (exact) mass is 649 g/mol. The number of carbonyl (C=O) groups is 2. The predicted octanol–water partition coefficient (Wildman–Crippen LogP) is 10.2. The third kappa shape index (κ3) is 22.1. The number of ether oxygens (including phenoxy) is 3. The van der Waals surface area contributed by atoms with Gasteiger partial charge in [0.15, 0.2) is 0 Å². The van der Waals surface area contributed by atoms with E-state index in [0.29, 0.717) is 31.8 Å². The van der Waals surface area contributed by atoms with Crippen LogP contribution in [0.3, 0.4) is 0 Å². The Morgan fingerprint density at radius 3 is 1.94 bits per heavy atom. The number of para-hydroxylation sites is 1. The zero-order valence-electron chi connectivity index (χ0n) is 30.3. The van der Waals surface area contributed by atoms with E-state index in [1.807, 2.05) is 59.7 Å². The van der Waals surface area contributed by atoms with Crippen molar-refractivity contribution in [2.45, 2.75) is 137 Å². The highest BCUT2D eigenvalue weighted by Crippen LogP contribution is 2.23. The molecule has 6 heteroatoms. The van der Waals surface area contributed by atoms with Crippen LogP contribution in [0.25, 0.3) is 0 Å². The van der Waals surface area contributed by atoms with Gasteiger partial charge in [0.25, 0.3) is 0 Å². The van der Waals surface area contributed by atoms with Crippen molar-refractivity contribution in [3.05, 3.63) is 90.6 Å². The summed E-state index contributed by atoms with van der Waals surface area (Å²) in [5.41, 5.74) is 0.459. The van der Waals surface area contributed by atoms with Crippen LogP contribution in [0.1, 0.15) is 118 Å². The normalized spacial score (nSPS) is 14.0. The highest BCUT2D eigenvalue weighted by molar-refractivity contribution is 5.87. The number of carbonyl (C=O) groups excluding carboxylic acids is 2. The summed E-state index contributed by atoms with van der Waals surface area (Å²) in [5.74, 6) is -0.135. The Kier molecular flexibility index (Phi) is 23.0. The van der Waals surface area contributed by atoms with Gasteiger partial charge >= 0.3 is 5.97 Å². The molecule has 0 heterocycles. The van der Waals surface area contributed by atoms with Gasteiger partial charge in [0.2, 0.25) is 5.91 Å². The maximum atomic E-state index is 13.3. The molecule has 0 aliphatic carbocycles. The Labute approximate surface area is 286 Å². The Balaban J connectivity index is 2.41. The summed E-state index contributed by atoms with van der Waals surface area (Å²) in [6.45, 7) is 14.9. The maximum Gasteiger partial charge on any atom is 0.334 e. The van der Waals surface area contributed by atoms with Gasteiger partial charge in [-0.2, -0.15) is 0 Å². The summed E-state index contributed by atoms with van der Waals surface area (Å²) in [7, 11) is 0. The summed E-state index contributed by atoms with van der Waals surface area (Å²) in [6, 6.07) is 6.57. The minimum absolute atomic E-state index is 0.185. The number of allylic oxidation sites excluding steroid dienone is 10. The van der Waals surface area contributed by atoms with E-state index in [2.05, 4.69) is 73.0 Å². The van der Waals surface area contributed by atoms with Crippen LogP contribution in [0.15, 0.2) is 85.0 Å². The zero-order valence-corrected chi connectivity index (χ0v) is 30.3. The molecular weight excluding hydrogens is 586 g/mol. The van der Waals surface area contributed by atoms with E-state index in [1.165, 1.54) is 0 Å². The second-order valence-corrected chi connectivity index (χ2v) is 13.1. The Morgan fingerprint density at radius 2 is 1.38 bits per heavy atom. The third-order valence-corrected chi connectivity index (χ3v) is 7.06. The molecule has 0 aromatic heterocycles. The van der Waals surface area contributed by atoms with Gasteiger partial charge in [-0.25, -0.2) is 4.79 Å². The van der Waals surface area contributed by atoms with E-state index in [4.69, 9.17) is 14.2 Å². The highest BCUT2D eigenvalue weighted by atomic mass is 16.5. The average molecular weight is 650 g/mol. The van der Waals surface area contributed by atoms with E-state index in [1.54, 1.807) is 6.07 Å². The van der Waals surface area contributed by atoms with E-state index < -0.39 is 18.1 Å². The molecule has 0 fully saturated rings. The second kappa shape index (κ2) is 25.8. The van der Waals surface area contributed by atoms with Gasteiger partial charge in [-0.05, 0) is 97.0 Å². The van der Waals surface area contributed by atoms with Gasteiger partial charge in [-0.3, -0.25) is 4.79 Å². The molecule has 0 radical (unpaired) electrons. The molecule has 262 valence electrons. The molecule has 2 atom stereocenters. The number of rotatable bonds is 24. The maximum absolute atomic E-state index is 13.3. The number of hydrogen-bond acceptors (Lipinski definition) is 5. The first-order valence-electron chi connectivity index (χ1n) is 17.7. The Bertz CT molecular complexity index is 1140. The predicted molar refractivity (Wildman–Crippen MR) is 196 cm³/mol. The van der Waals surface area contributed by atoms with Crippen LogP contribution < -0.4 is 10.1 Å². The van der Waals surface area contributed by atoms with Crippen LogP contribution in [0.2, 0.25) is 0 Å². The highest BCUT2D eigenvalue weighted by Gasteiger charge is 2.28. The fourth-order valence-corrected chi connectivity index (χ4v) is 4.48. The van der Waals surface area contributed by atoms with Crippen molar-refractivity contribution in [2.75, 3.05) is 6.61 Å². The lowest BCUT2D eigenvalue weighted by Crippen LogP contribution is -2.48. The van der Waals surface area contributed by atoms with Crippen molar-refractivity contribution in [1.82, 2.24) is 5.32 Å². The van der Waals surface area contributed by atoms with Gasteiger partial charge < -0.3 is 19.5 Å². The molecule has 47 heavy (non-hydrogen) atoms. The van der Waals surface area contributed by atoms with Crippen LogP contribution in [-0.4, -0.2) is 36.2 Å². The standard InChI is InChI=1S/C41H63NO5/c1-8-10-11-12-13-14-15-16-17-18-19-20-21-22-23-24-25-28-31-45-37(9-2)39(43)42-36(32-34(3)4)40(44)47-38-30-27-26-29-35(38)33-46-41(5,6)7/h10-11,13-14,16-17,19-20,22-23,26-27,29-30,34,36-37H,8-9,12,15,18,21,24-25,28,31-33H2,1-7H3,(H,42,43). The summed E-state index contributed by atoms with van der Waals surface area (Å²) in [5, 5.41) is 2.91. The molecule has 0 saturated heterocycles. The number of amides is 1. The van der Waals surface area contributed by atoms with E-state index in [9.17, 15) is 9.59 Å². The zero-order chi connectivity index (χ0) is 34.8. The van der Waals surface area contributed by atoms with Crippen LogP contribution in [0.5, 0.6) is 5.75 Å². The fraction of sp³-hybridized carbons (Fsp3) is 0.561. The largest absolute Gasteiger partial charge is 0.425 e. The van der Waals surface area contributed by atoms with Crippen LogP contribution >= 0.6 is 0 Å². The molecule has 0 spiro atoms. The summed E-state index contributed by atoms with van der Waals surface area (Å²) < 4.78 is 17.6. The van der Waals surface area contributed by atoms with Gasteiger partial charge in [-0.1, -0.05) is 107 Å². The molecular formula is C41H63NO5. The average Bonchev–Trinajstić information content (AvgIpc) is 3.02. The lowest BCUT2D eigenvalue weighted by molar-refractivity contribution is -0.143. The Hall–Kier alpha value is -3.22. The molecule has 0 aliphatic heterocycles. The van der Waals surface area contributed by atoms with Crippen LogP contribution in [0, 0.1) is 5.92 Å². The van der Waals surface area contributed by atoms with Crippen molar-refractivity contribution < 1.29 is 23.8 Å². The summed E-state index contributed by atoms with van der Waals surface area (Å²) in [6.07, 6.45) is 30.2. The Morgan fingerprint density at radius 1 is 0.809 bits per heavy atom. The third-order valence-electron chi connectivity index (χ3n) is 7.06. The number of nitrogens with one attached hydrogen (secondary N) is 1. The van der Waals surface area contributed by atoms with Gasteiger partial charge in [-0.15, -0.1) is 0 Å². The molecule has 6 nitrogen and oxygen atoms in total. The first-order valence-corrected chi connectivity index (χ1v) is 17.7. The number of unbranched alkanes of at least 4 members (excludes halogenated alkanes) is 2. The van der Waals surface area contributed by atoms with Crippen molar-refractivity contribution >= 4 is 11.9 Å². The minimum Gasteiger partial charge on any atom is -0.425 e. The van der Waals surface area contributed by atoms with Crippen molar-refractivity contribution in [1.29, 1.82) is 0 Å². The van der Waals surface area contributed by atoms with E-state index in [-0.39, 0.29) is 17.4 Å². The molecule has 0 saturated carbocycles. The van der Waals surface area contributed by atoms with Gasteiger partial charge in [0, 0.05) is 12.2 Å². The minimum atomic E-state index is -0.771. The van der Waals surface area contributed by atoms with E-state index >= 15 is 0 Å².